The van der Waals surface area contributed by atoms with Crippen molar-refractivity contribution in [1.29, 1.82) is 5.26 Å². The van der Waals surface area contributed by atoms with Gasteiger partial charge in [0, 0.05) is 43.8 Å². The number of nitrogens with one attached hydrogen (secondary N) is 2. The molecule has 0 spiro atoms. The highest BCUT2D eigenvalue weighted by molar-refractivity contribution is 6.06. The second-order valence-electron chi connectivity index (χ2n) is 12.4. The first-order valence-corrected chi connectivity index (χ1v) is 16.8. The Kier molecular flexibility index (Phi) is 6.66. The second kappa shape index (κ2) is 11.8. The van der Waals surface area contributed by atoms with Crippen LogP contribution in [-0.4, -0.2) is 39.9 Å². The summed E-state index contributed by atoms with van der Waals surface area (Å²) in [5.41, 5.74) is 7.19. The van der Waals surface area contributed by atoms with Gasteiger partial charge in [0.15, 0.2) is 23.3 Å². The standard InChI is InChI=1S/C32H18N8.C11H7N/c1-2-10-18-17(9-1)25-33-26(18)38-28-21-13-5-6-14-22(21)30(35-28)40-32-24-16-8-7-15-23(24)31(36-32)39-29-20-12-4-3-11-19(20)27(34-29)37-25;12-8-10-6-3-5-9-4-1-2-7-11(9)10/h1-16H,(H2,33,34,35,36,37,38,39,40);1-7H. The molecule has 0 saturated heterocycles. The minimum atomic E-state index is 0.597. The minimum Gasteiger partial charge on any atom is -0.324 e. The summed E-state index contributed by atoms with van der Waals surface area (Å²) in [7, 11) is 0. The molecule has 52 heavy (non-hydrogen) atoms. The fourth-order valence-corrected chi connectivity index (χ4v) is 6.91. The van der Waals surface area contributed by atoms with E-state index in [4.69, 9.17) is 35.2 Å². The summed E-state index contributed by atoms with van der Waals surface area (Å²) in [4.78, 5) is 36.8. The topological polar surface area (TPSA) is 133 Å². The molecule has 0 amide bonds. The first-order valence-electron chi connectivity index (χ1n) is 16.8. The van der Waals surface area contributed by atoms with Crippen LogP contribution in [0.5, 0.6) is 0 Å². The van der Waals surface area contributed by atoms with Crippen LogP contribution < -0.4 is 0 Å². The van der Waals surface area contributed by atoms with Gasteiger partial charge in [-0.3, -0.25) is 0 Å². The summed E-state index contributed by atoms with van der Waals surface area (Å²) in [6.45, 7) is 0. The summed E-state index contributed by atoms with van der Waals surface area (Å²) in [6.07, 6.45) is 0. The average Bonchev–Trinajstić information content (AvgIpc) is 3.94. The Morgan fingerprint density at radius 2 is 0.673 bits per heavy atom. The summed E-state index contributed by atoms with van der Waals surface area (Å²) >= 11 is 0. The maximum atomic E-state index is 8.79. The molecule has 9 heteroatoms. The molecule has 3 aromatic heterocycles. The molecule has 0 saturated carbocycles. The van der Waals surface area contributed by atoms with Gasteiger partial charge < -0.3 is 9.97 Å². The van der Waals surface area contributed by atoms with Gasteiger partial charge in [0.25, 0.3) is 0 Å². The molecule has 2 aliphatic rings. The van der Waals surface area contributed by atoms with Crippen molar-refractivity contribution in [2.45, 2.75) is 0 Å². The Labute approximate surface area is 296 Å². The minimum absolute atomic E-state index is 0.597. The number of nitriles is 1. The van der Waals surface area contributed by atoms with Crippen LogP contribution in [0.15, 0.2) is 140 Å². The van der Waals surface area contributed by atoms with Gasteiger partial charge in [-0.25, -0.2) is 29.9 Å². The molecular formula is C43H25N9. The number of hydrogen-bond donors (Lipinski definition) is 2. The molecule has 0 aliphatic carbocycles. The van der Waals surface area contributed by atoms with E-state index < -0.39 is 0 Å². The van der Waals surface area contributed by atoms with Crippen molar-refractivity contribution < 1.29 is 0 Å². The van der Waals surface area contributed by atoms with Crippen molar-refractivity contribution in [2.75, 3.05) is 0 Å². The zero-order valence-electron chi connectivity index (χ0n) is 27.4. The summed E-state index contributed by atoms with van der Waals surface area (Å²) in [6, 6.07) is 48.1. The number of benzene rings is 6. The Morgan fingerprint density at radius 1 is 0.346 bits per heavy atom. The van der Waals surface area contributed by atoms with E-state index in [1.54, 1.807) is 0 Å². The van der Waals surface area contributed by atoms with E-state index in [0.717, 1.165) is 60.1 Å². The quantitative estimate of drug-likeness (QED) is 0.165. The van der Waals surface area contributed by atoms with Crippen LogP contribution in [0.2, 0.25) is 0 Å². The van der Waals surface area contributed by atoms with Crippen LogP contribution in [0.25, 0.3) is 100 Å². The molecule has 8 bridgehead atoms. The Morgan fingerprint density at radius 3 is 1.06 bits per heavy atom. The van der Waals surface area contributed by atoms with Gasteiger partial charge >= 0.3 is 0 Å². The summed E-state index contributed by atoms with van der Waals surface area (Å²) < 4.78 is 0. The number of aromatic nitrogens is 8. The number of hydrogen-bond acceptors (Lipinski definition) is 7. The molecular weight excluding hydrogens is 643 g/mol. The van der Waals surface area contributed by atoms with Crippen LogP contribution in [0.4, 0.5) is 0 Å². The lowest BCUT2D eigenvalue weighted by Crippen LogP contribution is -1.82. The van der Waals surface area contributed by atoms with Gasteiger partial charge in [0.2, 0.25) is 0 Å². The first-order chi connectivity index (χ1) is 25.7. The maximum Gasteiger partial charge on any atom is 0.164 e. The van der Waals surface area contributed by atoms with E-state index in [2.05, 4.69) is 16.0 Å². The number of fused-ring (bicyclic) bond motifs is 21. The van der Waals surface area contributed by atoms with E-state index in [1.807, 2.05) is 140 Å². The first kappa shape index (κ1) is 29.4. The van der Waals surface area contributed by atoms with Gasteiger partial charge in [-0.05, 0) is 16.8 Å². The van der Waals surface area contributed by atoms with Crippen LogP contribution in [0.3, 0.4) is 0 Å². The molecule has 11 rings (SSSR count). The SMILES string of the molecule is N#Cc1cccc2ccccc12.c1ccc2c(c1)-c1nc-2nc2[nH]c(nc3nc(nc4[nH]c(n1)c1ccccc41)-c1ccccc1-3)c1ccccc21. The van der Waals surface area contributed by atoms with Crippen molar-refractivity contribution in [3.8, 4) is 51.6 Å². The van der Waals surface area contributed by atoms with Crippen molar-refractivity contribution in [3.63, 3.8) is 0 Å². The Bertz CT molecular complexity index is 2790. The number of nitrogens with zero attached hydrogens (tertiary/aromatic N) is 7. The van der Waals surface area contributed by atoms with Crippen LogP contribution in [0.1, 0.15) is 5.56 Å². The molecule has 6 aromatic carbocycles. The third kappa shape index (κ3) is 4.78. The highest BCUT2D eigenvalue weighted by Gasteiger charge is 2.21. The number of H-pyrrole nitrogens is 2. The van der Waals surface area contributed by atoms with Crippen molar-refractivity contribution in [3.05, 3.63) is 145 Å². The van der Waals surface area contributed by atoms with Crippen molar-refractivity contribution >= 4 is 54.9 Å². The van der Waals surface area contributed by atoms with Crippen LogP contribution >= 0.6 is 0 Å². The van der Waals surface area contributed by atoms with E-state index >= 15 is 0 Å². The smallest absolute Gasteiger partial charge is 0.164 e. The lowest BCUT2D eigenvalue weighted by Gasteiger charge is -1.97. The van der Waals surface area contributed by atoms with Gasteiger partial charge in [0.05, 0.1) is 11.6 Å². The molecule has 242 valence electrons. The molecule has 2 aliphatic heterocycles. The van der Waals surface area contributed by atoms with E-state index in [-0.39, 0.29) is 0 Å². The highest BCUT2D eigenvalue weighted by Crippen LogP contribution is 2.36. The fraction of sp³-hybridized carbons (Fsp3) is 0. The maximum absolute atomic E-state index is 8.79. The van der Waals surface area contributed by atoms with Crippen LogP contribution in [0, 0.1) is 11.3 Å². The molecule has 0 unspecified atom stereocenters. The van der Waals surface area contributed by atoms with Gasteiger partial charge in [0.1, 0.15) is 22.6 Å². The monoisotopic (exact) mass is 667 g/mol. The molecule has 0 fully saturated rings. The predicted molar refractivity (Wildman–Crippen MR) is 205 cm³/mol. The van der Waals surface area contributed by atoms with Gasteiger partial charge in [-0.2, -0.15) is 5.26 Å². The molecule has 9 nitrogen and oxygen atoms in total. The molecule has 2 N–H and O–H groups in total. The normalized spacial score (nSPS) is 11.4. The molecule has 5 heterocycles. The van der Waals surface area contributed by atoms with E-state index in [0.29, 0.717) is 45.9 Å². The lowest BCUT2D eigenvalue weighted by atomic mass is 10.1. The largest absolute Gasteiger partial charge is 0.324 e. The Hall–Kier alpha value is -7.57. The third-order valence-electron chi connectivity index (χ3n) is 9.37. The number of rotatable bonds is 0. The average molecular weight is 668 g/mol. The number of aromatic amines is 2. The van der Waals surface area contributed by atoms with E-state index in [9.17, 15) is 0 Å². The molecule has 0 atom stereocenters. The van der Waals surface area contributed by atoms with Gasteiger partial charge in [-0.15, -0.1) is 0 Å². The second-order valence-corrected chi connectivity index (χ2v) is 12.4. The Balaban J connectivity index is 0.000000240. The van der Waals surface area contributed by atoms with E-state index in [1.165, 1.54) is 0 Å². The molecule has 0 radical (unpaired) electrons. The summed E-state index contributed by atoms with van der Waals surface area (Å²) in [5.74, 6) is 2.39. The zero-order valence-corrected chi connectivity index (χ0v) is 27.4. The molecule has 9 aromatic rings. The zero-order chi connectivity index (χ0) is 34.6. The van der Waals surface area contributed by atoms with Gasteiger partial charge in [-0.1, -0.05) is 133 Å². The third-order valence-corrected chi connectivity index (χ3v) is 9.37. The fourth-order valence-electron chi connectivity index (χ4n) is 6.91. The highest BCUT2D eigenvalue weighted by atomic mass is 15.1. The van der Waals surface area contributed by atoms with Crippen molar-refractivity contribution in [2.24, 2.45) is 0 Å². The van der Waals surface area contributed by atoms with Crippen molar-refractivity contribution in [1.82, 2.24) is 39.9 Å². The van der Waals surface area contributed by atoms with Crippen LogP contribution in [-0.2, 0) is 0 Å². The predicted octanol–water partition coefficient (Wildman–Crippen LogP) is 9.58. The summed E-state index contributed by atoms with van der Waals surface area (Å²) in [5, 5.41) is 14.8. The lowest BCUT2D eigenvalue weighted by molar-refractivity contribution is 1.19.